The first kappa shape index (κ1) is 14.8. The predicted molar refractivity (Wildman–Crippen MR) is 82.7 cm³/mol. The van der Waals surface area contributed by atoms with E-state index in [1.165, 1.54) is 12.1 Å². The summed E-state index contributed by atoms with van der Waals surface area (Å²) in [4.78, 5) is 11.7. The van der Waals surface area contributed by atoms with Gasteiger partial charge in [0, 0.05) is 15.2 Å². The Morgan fingerprint density at radius 2 is 1.95 bits per heavy atom. The van der Waals surface area contributed by atoms with Gasteiger partial charge in [-0.1, -0.05) is 23.7 Å². The van der Waals surface area contributed by atoms with Crippen molar-refractivity contribution in [2.75, 3.05) is 17.2 Å². The minimum absolute atomic E-state index is 0.0224. The highest BCUT2D eigenvalue weighted by Crippen LogP contribution is 2.25. The fourth-order valence-corrected chi connectivity index (χ4v) is 2.39. The number of para-hydroxylation sites is 1. The van der Waals surface area contributed by atoms with Gasteiger partial charge >= 0.3 is 0 Å². The molecule has 2 rings (SSSR count). The molecule has 2 aromatic carbocycles. The van der Waals surface area contributed by atoms with Crippen LogP contribution in [0.2, 0.25) is 5.02 Å². The molecule has 0 saturated heterocycles. The van der Waals surface area contributed by atoms with Crippen molar-refractivity contribution in [3.8, 4) is 0 Å². The molecular weight excluding hydrogens is 347 g/mol. The maximum absolute atomic E-state index is 13.4. The van der Waals surface area contributed by atoms with E-state index in [1.807, 2.05) is 0 Å². The van der Waals surface area contributed by atoms with Crippen molar-refractivity contribution in [1.29, 1.82) is 0 Å². The molecule has 0 unspecified atom stereocenters. The van der Waals surface area contributed by atoms with E-state index in [9.17, 15) is 9.18 Å². The van der Waals surface area contributed by atoms with Crippen molar-refractivity contribution in [2.45, 2.75) is 0 Å². The Morgan fingerprint density at radius 3 is 2.65 bits per heavy atom. The lowest BCUT2D eigenvalue weighted by Gasteiger charge is -2.10. The van der Waals surface area contributed by atoms with Crippen LogP contribution >= 0.6 is 27.5 Å². The Hall–Kier alpha value is -1.59. The van der Waals surface area contributed by atoms with Crippen LogP contribution in [-0.4, -0.2) is 12.5 Å². The molecule has 104 valence electrons. The van der Waals surface area contributed by atoms with Gasteiger partial charge < -0.3 is 10.6 Å². The number of nitrogens with one attached hydrogen (secondary N) is 2. The molecule has 20 heavy (non-hydrogen) atoms. The maximum Gasteiger partial charge on any atom is 0.243 e. The zero-order chi connectivity index (χ0) is 14.5. The quantitative estimate of drug-likeness (QED) is 0.857. The molecular formula is C14H11BrClFN2O. The van der Waals surface area contributed by atoms with E-state index >= 15 is 0 Å². The lowest BCUT2D eigenvalue weighted by molar-refractivity contribution is -0.114. The third-order valence-electron chi connectivity index (χ3n) is 2.52. The SMILES string of the molecule is O=C(CNc1ccc(Cl)cc1Br)Nc1ccccc1F. The van der Waals surface area contributed by atoms with Gasteiger partial charge in [0.25, 0.3) is 0 Å². The minimum atomic E-state index is -0.464. The summed E-state index contributed by atoms with van der Waals surface area (Å²) in [6.07, 6.45) is 0. The minimum Gasteiger partial charge on any atom is -0.375 e. The third kappa shape index (κ3) is 3.95. The van der Waals surface area contributed by atoms with E-state index in [4.69, 9.17) is 11.6 Å². The Bertz CT molecular complexity index is 636. The Balaban J connectivity index is 1.94. The molecule has 0 spiro atoms. The molecule has 0 saturated carbocycles. The lowest BCUT2D eigenvalue weighted by atomic mass is 10.3. The van der Waals surface area contributed by atoms with Crippen molar-refractivity contribution in [3.05, 3.63) is 57.8 Å². The zero-order valence-electron chi connectivity index (χ0n) is 10.3. The summed E-state index contributed by atoms with van der Waals surface area (Å²) in [7, 11) is 0. The number of hydrogen-bond acceptors (Lipinski definition) is 2. The third-order valence-corrected chi connectivity index (χ3v) is 3.41. The van der Waals surface area contributed by atoms with E-state index in [0.29, 0.717) is 5.02 Å². The highest BCUT2D eigenvalue weighted by molar-refractivity contribution is 9.10. The largest absolute Gasteiger partial charge is 0.375 e. The van der Waals surface area contributed by atoms with Crippen LogP contribution in [0.25, 0.3) is 0 Å². The summed E-state index contributed by atoms with van der Waals surface area (Å²) >= 11 is 9.16. The topological polar surface area (TPSA) is 41.1 Å². The van der Waals surface area contributed by atoms with Gasteiger partial charge in [0.15, 0.2) is 0 Å². The summed E-state index contributed by atoms with van der Waals surface area (Å²) in [6.45, 7) is 0.0224. The van der Waals surface area contributed by atoms with Crippen molar-refractivity contribution < 1.29 is 9.18 Å². The second-order valence-electron chi connectivity index (χ2n) is 4.01. The van der Waals surface area contributed by atoms with Gasteiger partial charge in [-0.3, -0.25) is 4.79 Å². The molecule has 0 aliphatic heterocycles. The molecule has 2 N–H and O–H groups in total. The number of hydrogen-bond donors (Lipinski definition) is 2. The number of amides is 1. The van der Waals surface area contributed by atoms with Crippen molar-refractivity contribution >= 4 is 44.8 Å². The monoisotopic (exact) mass is 356 g/mol. The van der Waals surface area contributed by atoms with Crippen LogP contribution in [0.3, 0.4) is 0 Å². The van der Waals surface area contributed by atoms with Gasteiger partial charge in [-0.15, -0.1) is 0 Å². The number of carbonyl (C=O) groups is 1. The van der Waals surface area contributed by atoms with Gasteiger partial charge in [-0.25, -0.2) is 4.39 Å². The first-order valence-electron chi connectivity index (χ1n) is 5.79. The molecule has 2 aromatic rings. The molecule has 0 aliphatic carbocycles. The second-order valence-corrected chi connectivity index (χ2v) is 5.30. The Morgan fingerprint density at radius 1 is 1.20 bits per heavy atom. The van der Waals surface area contributed by atoms with E-state index in [1.54, 1.807) is 30.3 Å². The first-order valence-corrected chi connectivity index (χ1v) is 6.96. The molecule has 0 radical (unpaired) electrons. The molecule has 0 aliphatic rings. The van der Waals surface area contributed by atoms with Crippen molar-refractivity contribution in [1.82, 2.24) is 0 Å². The highest BCUT2D eigenvalue weighted by Gasteiger charge is 2.07. The van der Waals surface area contributed by atoms with Crippen LogP contribution in [0.4, 0.5) is 15.8 Å². The molecule has 0 fully saturated rings. The maximum atomic E-state index is 13.4. The van der Waals surface area contributed by atoms with Gasteiger partial charge in [-0.05, 0) is 46.3 Å². The molecule has 0 heterocycles. The number of anilines is 2. The van der Waals surface area contributed by atoms with Crippen LogP contribution < -0.4 is 10.6 Å². The predicted octanol–water partition coefficient (Wildman–Crippen LogP) is 4.29. The fraction of sp³-hybridized carbons (Fsp3) is 0.0714. The number of benzene rings is 2. The standard InChI is InChI=1S/C14H11BrClFN2O/c15-10-7-9(16)5-6-12(10)18-8-14(20)19-13-4-2-1-3-11(13)17/h1-7,18H,8H2,(H,19,20). The molecule has 0 atom stereocenters. The van der Waals surface area contributed by atoms with Crippen molar-refractivity contribution in [3.63, 3.8) is 0 Å². The number of carbonyl (C=O) groups excluding carboxylic acids is 1. The summed E-state index contributed by atoms with van der Waals surface area (Å²) in [5, 5.41) is 6.03. The highest BCUT2D eigenvalue weighted by atomic mass is 79.9. The Kier molecular flexibility index (Phi) is 4.98. The zero-order valence-corrected chi connectivity index (χ0v) is 12.6. The molecule has 3 nitrogen and oxygen atoms in total. The molecule has 0 bridgehead atoms. The van der Waals surface area contributed by atoms with E-state index in [-0.39, 0.29) is 18.1 Å². The van der Waals surface area contributed by atoms with Crippen molar-refractivity contribution in [2.24, 2.45) is 0 Å². The summed E-state index contributed by atoms with van der Waals surface area (Å²) in [5.74, 6) is -0.800. The van der Waals surface area contributed by atoms with Gasteiger partial charge in [0.05, 0.1) is 12.2 Å². The van der Waals surface area contributed by atoms with Crippen LogP contribution in [0, 0.1) is 5.82 Å². The molecule has 6 heteroatoms. The lowest BCUT2D eigenvalue weighted by Crippen LogP contribution is -2.22. The van der Waals surface area contributed by atoms with Crippen LogP contribution in [0.1, 0.15) is 0 Å². The van der Waals surface area contributed by atoms with Gasteiger partial charge in [0.2, 0.25) is 5.91 Å². The average molecular weight is 358 g/mol. The van der Waals surface area contributed by atoms with Crippen LogP contribution in [0.15, 0.2) is 46.9 Å². The number of rotatable bonds is 4. The molecule has 0 aromatic heterocycles. The van der Waals surface area contributed by atoms with Gasteiger partial charge in [-0.2, -0.15) is 0 Å². The summed E-state index contributed by atoms with van der Waals surface area (Å²) in [5.41, 5.74) is 0.896. The second kappa shape index (κ2) is 6.72. The molecule has 1 amide bonds. The Labute approximate surface area is 129 Å². The van der Waals surface area contributed by atoms with Crippen LogP contribution in [0.5, 0.6) is 0 Å². The van der Waals surface area contributed by atoms with E-state index in [0.717, 1.165) is 10.2 Å². The normalized spacial score (nSPS) is 10.2. The number of halogens is 3. The van der Waals surface area contributed by atoms with E-state index in [2.05, 4.69) is 26.6 Å². The first-order chi connectivity index (χ1) is 9.56. The van der Waals surface area contributed by atoms with Gasteiger partial charge in [0.1, 0.15) is 5.82 Å². The average Bonchev–Trinajstić information content (AvgIpc) is 2.40. The fourth-order valence-electron chi connectivity index (χ4n) is 1.57. The summed E-state index contributed by atoms with van der Waals surface area (Å²) in [6, 6.07) is 11.2. The smallest absolute Gasteiger partial charge is 0.243 e. The van der Waals surface area contributed by atoms with E-state index < -0.39 is 5.82 Å². The van der Waals surface area contributed by atoms with Crippen LogP contribution in [-0.2, 0) is 4.79 Å². The summed E-state index contributed by atoms with van der Waals surface area (Å²) < 4.78 is 14.1.